The molecular weight excluding hydrogens is 318 g/mol. The highest BCUT2D eigenvalue weighted by Gasteiger charge is 2.12. The Kier molecular flexibility index (Phi) is 6.71. The number of hydrazone groups is 1. The summed E-state index contributed by atoms with van der Waals surface area (Å²) >= 11 is 0. The minimum atomic E-state index is -0.798. The van der Waals surface area contributed by atoms with Crippen molar-refractivity contribution in [1.29, 1.82) is 0 Å². The number of rotatable bonds is 6. The quantitative estimate of drug-likeness (QED) is 0.481. The maximum absolute atomic E-state index is 11.5. The average molecular weight is 339 g/mol. The summed E-state index contributed by atoms with van der Waals surface area (Å²) in [5.74, 6) is -0.772. The smallest absolute Gasteiger partial charge is 0.329 e. The number of nitrogens with zero attached hydrogens (tertiary/aromatic N) is 1. The number of ether oxygens (including phenoxy) is 1. The number of nitrogens with one attached hydrogen (secondary N) is 2. The first kappa shape index (κ1) is 18.2. The Balaban J connectivity index is 1.81. The Hall–Kier alpha value is -3.15. The molecule has 0 atom stereocenters. The molecule has 2 aromatic rings. The van der Waals surface area contributed by atoms with Gasteiger partial charge in [-0.05, 0) is 49.2 Å². The van der Waals surface area contributed by atoms with Gasteiger partial charge in [-0.15, -0.1) is 0 Å². The number of hydrogen-bond acceptors (Lipinski definition) is 4. The van der Waals surface area contributed by atoms with Crippen LogP contribution in [0.3, 0.4) is 0 Å². The summed E-state index contributed by atoms with van der Waals surface area (Å²) in [5.41, 5.74) is 4.05. The second-order valence-corrected chi connectivity index (χ2v) is 5.67. The van der Waals surface area contributed by atoms with Crippen LogP contribution in [-0.4, -0.2) is 24.1 Å². The van der Waals surface area contributed by atoms with Gasteiger partial charge in [-0.25, -0.2) is 5.43 Å². The molecule has 0 saturated carbocycles. The molecule has 0 aliphatic heterocycles. The van der Waals surface area contributed by atoms with Gasteiger partial charge in [0.25, 0.3) is 0 Å². The fourth-order valence-electron chi connectivity index (χ4n) is 1.93. The summed E-state index contributed by atoms with van der Waals surface area (Å²) in [7, 11) is 0. The van der Waals surface area contributed by atoms with Gasteiger partial charge in [-0.1, -0.05) is 30.3 Å². The van der Waals surface area contributed by atoms with Crippen molar-refractivity contribution in [2.75, 3.05) is 0 Å². The summed E-state index contributed by atoms with van der Waals surface area (Å²) in [6.45, 7) is 4.04. The first-order chi connectivity index (χ1) is 12.0. The van der Waals surface area contributed by atoms with Crippen LogP contribution >= 0.6 is 0 Å². The van der Waals surface area contributed by atoms with Crippen molar-refractivity contribution in [2.24, 2.45) is 5.10 Å². The highest BCUT2D eigenvalue weighted by atomic mass is 16.5. The van der Waals surface area contributed by atoms with E-state index in [0.29, 0.717) is 6.61 Å². The van der Waals surface area contributed by atoms with Crippen molar-refractivity contribution >= 4 is 18.0 Å². The van der Waals surface area contributed by atoms with Gasteiger partial charge < -0.3 is 10.1 Å². The largest absolute Gasteiger partial charge is 0.489 e. The summed E-state index contributed by atoms with van der Waals surface area (Å²) < 4.78 is 5.69. The molecule has 0 unspecified atom stereocenters. The fraction of sp³-hybridized carbons (Fsp3) is 0.211. The van der Waals surface area contributed by atoms with E-state index in [-0.39, 0.29) is 6.04 Å². The lowest BCUT2D eigenvalue weighted by Crippen LogP contribution is -2.41. The van der Waals surface area contributed by atoms with Gasteiger partial charge in [0.05, 0.1) is 6.21 Å². The third kappa shape index (κ3) is 6.47. The molecule has 0 fully saturated rings. The van der Waals surface area contributed by atoms with Crippen LogP contribution in [0.2, 0.25) is 0 Å². The zero-order valence-electron chi connectivity index (χ0n) is 14.2. The van der Waals surface area contributed by atoms with Crippen molar-refractivity contribution in [2.45, 2.75) is 26.5 Å². The van der Waals surface area contributed by atoms with Crippen molar-refractivity contribution in [3.63, 3.8) is 0 Å². The summed E-state index contributed by atoms with van der Waals surface area (Å²) in [6, 6.07) is 17.0. The molecule has 0 radical (unpaired) electrons. The van der Waals surface area contributed by atoms with E-state index < -0.39 is 11.8 Å². The van der Waals surface area contributed by atoms with Gasteiger partial charge in [0.15, 0.2) is 0 Å². The van der Waals surface area contributed by atoms with E-state index in [0.717, 1.165) is 16.9 Å². The van der Waals surface area contributed by atoms with Crippen LogP contribution in [0.5, 0.6) is 5.75 Å². The summed E-state index contributed by atoms with van der Waals surface area (Å²) in [5, 5.41) is 6.25. The molecule has 0 aliphatic carbocycles. The number of hydrogen-bond donors (Lipinski definition) is 2. The van der Waals surface area contributed by atoms with Crippen molar-refractivity contribution in [3.8, 4) is 5.75 Å². The number of amides is 2. The first-order valence-electron chi connectivity index (χ1n) is 7.95. The van der Waals surface area contributed by atoms with Crippen molar-refractivity contribution < 1.29 is 14.3 Å². The monoisotopic (exact) mass is 339 g/mol. The van der Waals surface area contributed by atoms with Gasteiger partial charge in [-0.2, -0.15) is 5.10 Å². The molecule has 0 saturated heterocycles. The molecule has 0 aromatic heterocycles. The molecular formula is C19H21N3O3. The van der Waals surface area contributed by atoms with E-state index >= 15 is 0 Å². The second-order valence-electron chi connectivity index (χ2n) is 5.67. The Labute approximate surface area is 146 Å². The van der Waals surface area contributed by atoms with Crippen LogP contribution < -0.4 is 15.5 Å². The molecule has 0 bridgehead atoms. The zero-order valence-corrected chi connectivity index (χ0v) is 14.2. The molecule has 0 heterocycles. The van der Waals surface area contributed by atoms with E-state index in [1.54, 1.807) is 13.8 Å². The molecule has 0 spiro atoms. The normalized spacial score (nSPS) is 10.7. The third-order valence-corrected chi connectivity index (χ3v) is 3.13. The highest BCUT2D eigenvalue weighted by molar-refractivity contribution is 6.35. The maximum atomic E-state index is 11.5. The summed E-state index contributed by atoms with van der Waals surface area (Å²) in [6.07, 6.45) is 1.46. The van der Waals surface area contributed by atoms with E-state index in [1.807, 2.05) is 54.6 Å². The fourth-order valence-corrected chi connectivity index (χ4v) is 1.93. The van der Waals surface area contributed by atoms with Crippen LogP contribution in [0.4, 0.5) is 0 Å². The van der Waals surface area contributed by atoms with E-state index in [1.165, 1.54) is 6.21 Å². The van der Waals surface area contributed by atoms with Crippen LogP contribution in [0.25, 0.3) is 0 Å². The van der Waals surface area contributed by atoms with E-state index in [9.17, 15) is 9.59 Å². The standard InChI is InChI=1S/C19H21N3O3/c1-14(2)21-18(23)19(24)22-20-12-15-8-10-17(11-9-15)25-13-16-6-4-3-5-7-16/h3-12,14H,13H2,1-2H3,(H,21,23)(H,22,24)/b20-12+. The minimum Gasteiger partial charge on any atom is -0.489 e. The molecule has 2 amide bonds. The van der Waals surface area contributed by atoms with Crippen LogP contribution in [0.15, 0.2) is 59.7 Å². The lowest BCUT2D eigenvalue weighted by Gasteiger charge is -2.06. The predicted octanol–water partition coefficient (Wildman–Crippen LogP) is 2.24. The number of carbonyl (C=O) groups is 2. The topological polar surface area (TPSA) is 79.8 Å². The van der Waals surface area contributed by atoms with Crippen molar-refractivity contribution in [1.82, 2.24) is 10.7 Å². The van der Waals surface area contributed by atoms with Crippen molar-refractivity contribution in [3.05, 3.63) is 65.7 Å². The lowest BCUT2D eigenvalue weighted by atomic mass is 10.2. The maximum Gasteiger partial charge on any atom is 0.329 e. The highest BCUT2D eigenvalue weighted by Crippen LogP contribution is 2.13. The molecule has 25 heavy (non-hydrogen) atoms. The third-order valence-electron chi connectivity index (χ3n) is 3.13. The predicted molar refractivity (Wildman–Crippen MR) is 96.2 cm³/mol. The number of benzene rings is 2. The Morgan fingerprint density at radius 2 is 1.72 bits per heavy atom. The Morgan fingerprint density at radius 3 is 2.36 bits per heavy atom. The van der Waals surface area contributed by atoms with Crippen LogP contribution in [0.1, 0.15) is 25.0 Å². The Morgan fingerprint density at radius 1 is 1.04 bits per heavy atom. The molecule has 2 aromatic carbocycles. The molecule has 0 aliphatic rings. The van der Waals surface area contributed by atoms with Gasteiger partial charge in [0.2, 0.25) is 0 Å². The van der Waals surface area contributed by atoms with Crippen LogP contribution in [0, 0.1) is 0 Å². The number of carbonyl (C=O) groups excluding carboxylic acids is 2. The van der Waals surface area contributed by atoms with Gasteiger partial charge in [0.1, 0.15) is 12.4 Å². The first-order valence-corrected chi connectivity index (χ1v) is 7.95. The van der Waals surface area contributed by atoms with E-state index in [2.05, 4.69) is 15.8 Å². The van der Waals surface area contributed by atoms with Gasteiger partial charge in [0, 0.05) is 6.04 Å². The molecule has 2 N–H and O–H groups in total. The summed E-state index contributed by atoms with van der Waals surface area (Å²) in [4.78, 5) is 22.9. The second kappa shape index (κ2) is 9.22. The molecule has 130 valence electrons. The average Bonchev–Trinajstić information content (AvgIpc) is 2.61. The Bertz CT molecular complexity index is 725. The zero-order chi connectivity index (χ0) is 18.1. The minimum absolute atomic E-state index is 0.106. The molecule has 6 nitrogen and oxygen atoms in total. The van der Waals surface area contributed by atoms with Crippen LogP contribution in [-0.2, 0) is 16.2 Å². The molecule has 6 heteroatoms. The SMILES string of the molecule is CC(C)NC(=O)C(=O)N/N=C/c1ccc(OCc2ccccc2)cc1. The molecule has 2 rings (SSSR count). The van der Waals surface area contributed by atoms with Gasteiger partial charge >= 0.3 is 11.8 Å². The van der Waals surface area contributed by atoms with Gasteiger partial charge in [-0.3, -0.25) is 9.59 Å². The lowest BCUT2D eigenvalue weighted by molar-refractivity contribution is -0.139. The van der Waals surface area contributed by atoms with E-state index in [4.69, 9.17) is 4.74 Å².